The van der Waals surface area contributed by atoms with Crippen LogP contribution in [-0.2, 0) is 11.3 Å². The van der Waals surface area contributed by atoms with Crippen molar-refractivity contribution in [3.8, 4) is 0 Å². The number of hydrogen-bond acceptors (Lipinski definition) is 4. The summed E-state index contributed by atoms with van der Waals surface area (Å²) in [4.78, 5) is 12.6. The number of carbonyl (C=O) groups is 1. The number of ether oxygens (including phenoxy) is 1. The summed E-state index contributed by atoms with van der Waals surface area (Å²) >= 11 is 0. The van der Waals surface area contributed by atoms with Crippen LogP contribution in [0.4, 0.5) is 5.69 Å². The highest BCUT2D eigenvalue weighted by atomic mass is 16.5. The Kier molecular flexibility index (Phi) is 5.36. The van der Waals surface area contributed by atoms with Crippen LogP contribution in [0, 0.1) is 12.3 Å². The maximum Gasteiger partial charge on any atom is 0.253 e. The van der Waals surface area contributed by atoms with Gasteiger partial charge in [-0.15, -0.1) is 0 Å². The third-order valence-electron chi connectivity index (χ3n) is 4.55. The predicted octanol–water partition coefficient (Wildman–Crippen LogP) is 2.35. The van der Waals surface area contributed by atoms with Crippen LogP contribution in [0.1, 0.15) is 21.5 Å². The molecule has 0 spiro atoms. The van der Waals surface area contributed by atoms with E-state index in [9.17, 15) is 9.90 Å². The minimum absolute atomic E-state index is 0.0712. The Morgan fingerprint density at radius 3 is 2.52 bits per heavy atom. The van der Waals surface area contributed by atoms with Crippen molar-refractivity contribution in [2.75, 3.05) is 31.7 Å². The fraction of sp³-hybridized carbons (Fsp3) is 0.350. The first kappa shape index (κ1) is 17.5. The maximum absolute atomic E-state index is 12.6. The maximum atomic E-state index is 12.6. The highest BCUT2D eigenvalue weighted by Crippen LogP contribution is 2.28. The molecule has 5 nitrogen and oxygen atoms in total. The normalized spacial score (nSPS) is 15.3. The van der Waals surface area contributed by atoms with Gasteiger partial charge in [0.25, 0.3) is 5.91 Å². The molecule has 3 N–H and O–H groups in total. The van der Waals surface area contributed by atoms with Crippen LogP contribution in [0.5, 0.6) is 0 Å². The standard InChI is InChI=1S/C20H24N2O3/c1-15-6-8-16(9-7-15)10-21-19(24)17-4-2-3-5-18(17)22-11-20(12-23)13-25-14-20/h2-9,22-23H,10-14H2,1H3,(H,21,24). The van der Waals surface area contributed by atoms with Crippen molar-refractivity contribution in [3.05, 3.63) is 65.2 Å². The van der Waals surface area contributed by atoms with E-state index in [1.165, 1.54) is 5.56 Å². The van der Waals surface area contributed by atoms with Gasteiger partial charge in [0, 0.05) is 18.8 Å². The summed E-state index contributed by atoms with van der Waals surface area (Å²) in [6.45, 7) is 4.25. The fourth-order valence-electron chi connectivity index (χ4n) is 2.74. The lowest BCUT2D eigenvalue weighted by molar-refractivity contribution is -0.128. The molecule has 5 heteroatoms. The molecule has 1 heterocycles. The van der Waals surface area contributed by atoms with Gasteiger partial charge >= 0.3 is 0 Å². The molecule has 132 valence electrons. The minimum atomic E-state index is -0.245. The summed E-state index contributed by atoms with van der Waals surface area (Å²) in [5.74, 6) is -0.119. The van der Waals surface area contributed by atoms with E-state index in [2.05, 4.69) is 10.6 Å². The number of aliphatic hydroxyl groups excluding tert-OH is 1. The van der Waals surface area contributed by atoms with E-state index in [-0.39, 0.29) is 17.9 Å². The first-order valence-electron chi connectivity index (χ1n) is 8.47. The summed E-state index contributed by atoms with van der Waals surface area (Å²) < 4.78 is 5.21. The van der Waals surface area contributed by atoms with Gasteiger partial charge in [0.2, 0.25) is 0 Å². The zero-order chi connectivity index (χ0) is 17.7. The van der Waals surface area contributed by atoms with Crippen molar-refractivity contribution in [1.82, 2.24) is 5.32 Å². The number of amides is 1. The molecule has 0 aliphatic carbocycles. The lowest BCUT2D eigenvalue weighted by atomic mass is 9.87. The molecule has 1 amide bonds. The Labute approximate surface area is 148 Å². The largest absolute Gasteiger partial charge is 0.396 e. The summed E-state index contributed by atoms with van der Waals surface area (Å²) in [5, 5.41) is 15.8. The summed E-state index contributed by atoms with van der Waals surface area (Å²) in [6.07, 6.45) is 0. The van der Waals surface area contributed by atoms with Gasteiger partial charge in [-0.2, -0.15) is 0 Å². The van der Waals surface area contributed by atoms with Gasteiger partial charge in [-0.25, -0.2) is 0 Å². The van der Waals surface area contributed by atoms with Crippen LogP contribution in [0.3, 0.4) is 0 Å². The smallest absolute Gasteiger partial charge is 0.253 e. The molecule has 0 bridgehead atoms. The van der Waals surface area contributed by atoms with Gasteiger partial charge in [0.1, 0.15) is 0 Å². The lowest BCUT2D eigenvalue weighted by Crippen LogP contribution is -2.50. The van der Waals surface area contributed by atoms with E-state index < -0.39 is 0 Å². The topological polar surface area (TPSA) is 70.6 Å². The Morgan fingerprint density at radius 2 is 1.88 bits per heavy atom. The third kappa shape index (κ3) is 4.18. The molecule has 0 aromatic heterocycles. The Bertz CT molecular complexity index is 718. The zero-order valence-electron chi connectivity index (χ0n) is 14.4. The molecule has 0 atom stereocenters. The molecule has 2 aromatic rings. The molecular weight excluding hydrogens is 316 g/mol. The summed E-state index contributed by atoms with van der Waals surface area (Å²) in [6, 6.07) is 15.5. The average molecular weight is 340 g/mol. The molecular formula is C20H24N2O3. The van der Waals surface area contributed by atoms with Crippen LogP contribution < -0.4 is 10.6 Å². The van der Waals surface area contributed by atoms with E-state index in [1.54, 1.807) is 6.07 Å². The van der Waals surface area contributed by atoms with E-state index >= 15 is 0 Å². The molecule has 3 rings (SSSR count). The van der Waals surface area contributed by atoms with Crippen LogP contribution in [0.15, 0.2) is 48.5 Å². The first-order valence-corrected chi connectivity index (χ1v) is 8.47. The zero-order valence-corrected chi connectivity index (χ0v) is 14.4. The van der Waals surface area contributed by atoms with Crippen molar-refractivity contribution in [2.45, 2.75) is 13.5 Å². The van der Waals surface area contributed by atoms with Crippen molar-refractivity contribution >= 4 is 11.6 Å². The molecule has 2 aromatic carbocycles. The van der Waals surface area contributed by atoms with Gasteiger partial charge in [0.05, 0.1) is 30.8 Å². The minimum Gasteiger partial charge on any atom is -0.396 e. The van der Waals surface area contributed by atoms with E-state index in [4.69, 9.17) is 4.74 Å². The monoisotopic (exact) mass is 340 g/mol. The summed E-state index contributed by atoms with van der Waals surface area (Å²) in [7, 11) is 0. The number of nitrogens with one attached hydrogen (secondary N) is 2. The SMILES string of the molecule is Cc1ccc(CNC(=O)c2ccccc2NCC2(CO)COC2)cc1. The predicted molar refractivity (Wildman–Crippen MR) is 97.6 cm³/mol. The molecule has 0 saturated carbocycles. The second kappa shape index (κ2) is 7.68. The molecule has 25 heavy (non-hydrogen) atoms. The number of hydrogen-bond donors (Lipinski definition) is 3. The number of aliphatic hydroxyl groups is 1. The Balaban J connectivity index is 1.63. The highest BCUT2D eigenvalue weighted by Gasteiger charge is 2.38. The van der Waals surface area contributed by atoms with E-state index in [0.29, 0.717) is 31.9 Å². The molecule has 0 unspecified atom stereocenters. The van der Waals surface area contributed by atoms with Crippen LogP contribution in [-0.4, -0.2) is 37.4 Å². The number of carbonyl (C=O) groups excluding carboxylic acids is 1. The van der Waals surface area contributed by atoms with Gasteiger partial charge in [-0.05, 0) is 24.6 Å². The number of rotatable bonds is 7. The third-order valence-corrected chi connectivity index (χ3v) is 4.55. The Morgan fingerprint density at radius 1 is 1.16 bits per heavy atom. The van der Waals surface area contributed by atoms with Crippen LogP contribution >= 0.6 is 0 Å². The Hall–Kier alpha value is -2.37. The van der Waals surface area contributed by atoms with E-state index in [1.807, 2.05) is 49.4 Å². The van der Waals surface area contributed by atoms with Crippen LogP contribution in [0.2, 0.25) is 0 Å². The number of benzene rings is 2. The van der Waals surface area contributed by atoms with Crippen LogP contribution in [0.25, 0.3) is 0 Å². The van der Waals surface area contributed by atoms with Crippen molar-refractivity contribution in [3.63, 3.8) is 0 Å². The second-order valence-electron chi connectivity index (χ2n) is 6.72. The fourth-order valence-corrected chi connectivity index (χ4v) is 2.74. The number of aryl methyl sites for hydroxylation is 1. The molecule has 0 radical (unpaired) electrons. The molecule has 1 fully saturated rings. The summed E-state index contributed by atoms with van der Waals surface area (Å²) in [5.41, 5.74) is 3.38. The quantitative estimate of drug-likeness (QED) is 0.724. The highest BCUT2D eigenvalue weighted by molar-refractivity contribution is 5.99. The van der Waals surface area contributed by atoms with Crippen molar-refractivity contribution in [1.29, 1.82) is 0 Å². The van der Waals surface area contributed by atoms with Gasteiger partial charge in [-0.3, -0.25) is 4.79 Å². The first-order chi connectivity index (χ1) is 12.1. The van der Waals surface area contributed by atoms with Gasteiger partial charge in [0.15, 0.2) is 0 Å². The molecule has 1 aliphatic heterocycles. The average Bonchev–Trinajstić information content (AvgIpc) is 2.61. The molecule has 1 saturated heterocycles. The van der Waals surface area contributed by atoms with Gasteiger partial charge < -0.3 is 20.5 Å². The lowest BCUT2D eigenvalue weighted by Gasteiger charge is -2.40. The van der Waals surface area contributed by atoms with E-state index in [0.717, 1.165) is 11.3 Å². The van der Waals surface area contributed by atoms with Gasteiger partial charge in [-0.1, -0.05) is 42.0 Å². The number of para-hydroxylation sites is 1. The van der Waals surface area contributed by atoms with Crippen molar-refractivity contribution < 1.29 is 14.6 Å². The molecule has 1 aliphatic rings. The second-order valence-corrected chi connectivity index (χ2v) is 6.72. The number of anilines is 1. The van der Waals surface area contributed by atoms with Crippen molar-refractivity contribution in [2.24, 2.45) is 5.41 Å².